The van der Waals surface area contributed by atoms with E-state index in [1.807, 2.05) is 18.2 Å². The Balaban J connectivity index is 3.86. The number of methoxy groups -OCH3 is 1. The second-order valence-corrected chi connectivity index (χ2v) is 4.04. The van der Waals surface area contributed by atoms with E-state index in [1.54, 1.807) is 0 Å². The summed E-state index contributed by atoms with van der Waals surface area (Å²) in [6.07, 6.45) is 10.5. The van der Waals surface area contributed by atoms with Gasteiger partial charge in [0.1, 0.15) is 0 Å². The van der Waals surface area contributed by atoms with Crippen LogP contribution in [0.4, 0.5) is 0 Å². The predicted molar refractivity (Wildman–Crippen MR) is 68.2 cm³/mol. The number of hydrogen-bond donors (Lipinski definition) is 0. The topological polar surface area (TPSA) is 26.3 Å². The summed E-state index contributed by atoms with van der Waals surface area (Å²) in [5, 5.41) is 0. The van der Waals surface area contributed by atoms with Gasteiger partial charge in [-0.2, -0.15) is 0 Å². The number of carbonyl (C=O) groups excluding carboxylic acids is 1. The lowest BCUT2D eigenvalue weighted by Crippen LogP contribution is -1.96. The Kier molecular flexibility index (Phi) is 8.22. The minimum Gasteiger partial charge on any atom is -0.469 e. The van der Waals surface area contributed by atoms with Crippen LogP contribution in [-0.4, -0.2) is 13.1 Å². The molecule has 0 bridgehead atoms. The second-order valence-electron chi connectivity index (χ2n) is 4.04. The molecule has 90 valence electrons. The molecule has 2 nitrogen and oxygen atoms in total. The number of allylic oxidation sites excluding steroid dienone is 5. The van der Waals surface area contributed by atoms with Crippen LogP contribution in [0.5, 0.6) is 0 Å². The summed E-state index contributed by atoms with van der Waals surface area (Å²) in [5.74, 6) is -0.202. The van der Waals surface area contributed by atoms with Gasteiger partial charge in [0.25, 0.3) is 0 Å². The van der Waals surface area contributed by atoms with Gasteiger partial charge in [-0.15, -0.1) is 0 Å². The minimum atomic E-state index is -0.202. The zero-order chi connectivity index (χ0) is 12.4. The molecule has 0 fully saturated rings. The lowest BCUT2D eigenvalue weighted by Gasteiger charge is -1.96. The Morgan fingerprint density at radius 2 is 1.94 bits per heavy atom. The Morgan fingerprint density at radius 1 is 1.25 bits per heavy atom. The Labute approximate surface area is 98.7 Å². The van der Waals surface area contributed by atoms with Crippen molar-refractivity contribution >= 4 is 5.97 Å². The van der Waals surface area contributed by atoms with E-state index in [4.69, 9.17) is 0 Å². The van der Waals surface area contributed by atoms with E-state index < -0.39 is 0 Å². The van der Waals surface area contributed by atoms with Crippen molar-refractivity contribution in [2.24, 2.45) is 0 Å². The van der Waals surface area contributed by atoms with E-state index in [2.05, 4.69) is 31.6 Å². The fourth-order valence-corrected chi connectivity index (χ4v) is 1.15. The van der Waals surface area contributed by atoms with Gasteiger partial charge in [0.2, 0.25) is 0 Å². The fraction of sp³-hybridized carbons (Fsp3) is 0.500. The van der Waals surface area contributed by atoms with E-state index in [9.17, 15) is 4.79 Å². The van der Waals surface area contributed by atoms with E-state index in [-0.39, 0.29) is 5.97 Å². The fourth-order valence-electron chi connectivity index (χ4n) is 1.15. The highest BCUT2D eigenvalue weighted by atomic mass is 16.5. The van der Waals surface area contributed by atoms with Crippen LogP contribution in [0.2, 0.25) is 0 Å². The van der Waals surface area contributed by atoms with E-state index in [0.717, 1.165) is 12.8 Å². The van der Waals surface area contributed by atoms with E-state index >= 15 is 0 Å². The third kappa shape index (κ3) is 9.25. The number of carbonyl (C=O) groups is 1. The maximum absolute atomic E-state index is 10.8. The van der Waals surface area contributed by atoms with Gasteiger partial charge in [0.05, 0.1) is 13.5 Å². The second kappa shape index (κ2) is 8.96. The highest BCUT2D eigenvalue weighted by Gasteiger charge is 1.92. The van der Waals surface area contributed by atoms with Gasteiger partial charge >= 0.3 is 5.97 Å². The summed E-state index contributed by atoms with van der Waals surface area (Å²) in [7, 11) is 1.40. The molecule has 0 aromatic heterocycles. The summed E-state index contributed by atoms with van der Waals surface area (Å²) in [5.41, 5.74) is 2.67. The van der Waals surface area contributed by atoms with E-state index in [1.165, 1.54) is 18.3 Å². The molecule has 0 N–H and O–H groups in total. The first-order valence-corrected chi connectivity index (χ1v) is 5.58. The molecule has 0 heterocycles. The van der Waals surface area contributed by atoms with Gasteiger partial charge in [-0.25, -0.2) is 0 Å². The molecule has 16 heavy (non-hydrogen) atoms. The maximum Gasteiger partial charge on any atom is 0.309 e. The summed E-state index contributed by atoms with van der Waals surface area (Å²) >= 11 is 0. The van der Waals surface area contributed by atoms with Crippen LogP contribution >= 0.6 is 0 Å². The average molecular weight is 222 g/mol. The molecule has 0 aromatic rings. The van der Waals surface area contributed by atoms with Crippen LogP contribution in [0.15, 0.2) is 35.5 Å². The van der Waals surface area contributed by atoms with Crippen molar-refractivity contribution in [2.75, 3.05) is 7.11 Å². The van der Waals surface area contributed by atoms with Crippen LogP contribution in [0, 0.1) is 0 Å². The standard InChI is InChI=1S/C14H22O2/c1-12(2)8-7-10-13(3)9-5-6-11-14(15)16-4/h5-6,8-9H,7,10-11H2,1-4H3/b6-5+,13-9+. The third-order valence-electron chi connectivity index (χ3n) is 2.12. The first kappa shape index (κ1) is 14.7. The minimum absolute atomic E-state index is 0.202. The molecule has 0 atom stereocenters. The SMILES string of the molecule is COC(=O)C/C=C/C=C(\C)CCC=C(C)C. The molecule has 0 aliphatic carbocycles. The van der Waals surface area contributed by atoms with Crippen LogP contribution in [-0.2, 0) is 9.53 Å². The van der Waals surface area contributed by atoms with E-state index in [0.29, 0.717) is 6.42 Å². The molecule has 0 rings (SSSR count). The summed E-state index contributed by atoms with van der Waals surface area (Å²) < 4.78 is 4.53. The van der Waals surface area contributed by atoms with Crippen LogP contribution in [0.1, 0.15) is 40.0 Å². The Hall–Kier alpha value is -1.31. The van der Waals surface area contributed by atoms with Gasteiger partial charge in [0.15, 0.2) is 0 Å². The zero-order valence-electron chi connectivity index (χ0n) is 10.7. The molecule has 0 saturated heterocycles. The van der Waals surface area contributed by atoms with Crippen molar-refractivity contribution < 1.29 is 9.53 Å². The van der Waals surface area contributed by atoms with Gasteiger partial charge in [-0.05, 0) is 33.6 Å². The monoisotopic (exact) mass is 222 g/mol. The van der Waals surface area contributed by atoms with Crippen LogP contribution < -0.4 is 0 Å². The quantitative estimate of drug-likeness (QED) is 0.388. The van der Waals surface area contributed by atoms with Crippen molar-refractivity contribution in [3.8, 4) is 0 Å². The lowest BCUT2D eigenvalue weighted by atomic mass is 10.1. The Morgan fingerprint density at radius 3 is 2.50 bits per heavy atom. The molecule has 0 aliphatic heterocycles. The first-order chi connectivity index (χ1) is 7.56. The summed E-state index contributed by atoms with van der Waals surface area (Å²) in [4.78, 5) is 10.8. The highest BCUT2D eigenvalue weighted by Crippen LogP contribution is 2.06. The van der Waals surface area contributed by atoms with Crippen molar-refractivity contribution in [3.05, 3.63) is 35.5 Å². The highest BCUT2D eigenvalue weighted by molar-refractivity contribution is 5.70. The molecule has 0 unspecified atom stereocenters. The van der Waals surface area contributed by atoms with Crippen molar-refractivity contribution in [1.82, 2.24) is 0 Å². The maximum atomic E-state index is 10.8. The number of ether oxygens (including phenoxy) is 1. The normalized spacial score (nSPS) is 11.6. The van der Waals surface area contributed by atoms with Gasteiger partial charge in [-0.3, -0.25) is 4.79 Å². The number of esters is 1. The summed E-state index contributed by atoms with van der Waals surface area (Å²) in [6.45, 7) is 6.31. The largest absolute Gasteiger partial charge is 0.469 e. The molecule has 0 aliphatic rings. The summed E-state index contributed by atoms with van der Waals surface area (Å²) in [6, 6.07) is 0. The van der Waals surface area contributed by atoms with Crippen LogP contribution in [0.3, 0.4) is 0 Å². The average Bonchev–Trinajstić information content (AvgIpc) is 2.23. The molecule has 0 amide bonds. The van der Waals surface area contributed by atoms with Crippen molar-refractivity contribution in [3.63, 3.8) is 0 Å². The smallest absolute Gasteiger partial charge is 0.309 e. The van der Waals surface area contributed by atoms with Gasteiger partial charge < -0.3 is 4.74 Å². The number of rotatable bonds is 6. The lowest BCUT2D eigenvalue weighted by molar-refractivity contribution is -0.139. The third-order valence-corrected chi connectivity index (χ3v) is 2.12. The van der Waals surface area contributed by atoms with Gasteiger partial charge in [0, 0.05) is 0 Å². The van der Waals surface area contributed by atoms with Gasteiger partial charge in [-0.1, -0.05) is 35.5 Å². The molecular weight excluding hydrogens is 200 g/mol. The first-order valence-electron chi connectivity index (χ1n) is 5.58. The molecule has 0 radical (unpaired) electrons. The molecule has 0 spiro atoms. The molecular formula is C14H22O2. The zero-order valence-corrected chi connectivity index (χ0v) is 10.7. The molecule has 0 saturated carbocycles. The van der Waals surface area contributed by atoms with Crippen molar-refractivity contribution in [2.45, 2.75) is 40.0 Å². The van der Waals surface area contributed by atoms with Crippen molar-refractivity contribution in [1.29, 1.82) is 0 Å². The Bertz CT molecular complexity index is 292. The predicted octanol–water partition coefficient (Wildman–Crippen LogP) is 3.80. The molecule has 0 aromatic carbocycles. The number of hydrogen-bond acceptors (Lipinski definition) is 2. The molecule has 2 heteroatoms. The van der Waals surface area contributed by atoms with Crippen LogP contribution in [0.25, 0.3) is 0 Å².